The zero-order chi connectivity index (χ0) is 31.7. The molecular formula is C27H33Cl3N12. The normalized spacial score (nSPS) is 10.4. The second-order valence-electron chi connectivity index (χ2n) is 8.34. The van der Waals surface area contributed by atoms with E-state index in [9.17, 15) is 0 Å². The third kappa shape index (κ3) is 14.7. The van der Waals surface area contributed by atoms with E-state index < -0.39 is 0 Å². The van der Waals surface area contributed by atoms with Crippen molar-refractivity contribution in [3.63, 3.8) is 0 Å². The molecule has 0 bridgehead atoms. The number of benzene rings is 3. The van der Waals surface area contributed by atoms with Crippen LogP contribution >= 0.6 is 34.8 Å². The smallest absolute Gasteiger partial charge is 0.211 e. The van der Waals surface area contributed by atoms with Gasteiger partial charge >= 0.3 is 0 Å². The van der Waals surface area contributed by atoms with Crippen LogP contribution in [-0.4, -0.2) is 36.5 Å². The Kier molecular flexibility index (Phi) is 15.7. The molecule has 0 unspecified atom stereocenters. The van der Waals surface area contributed by atoms with Gasteiger partial charge in [-0.1, -0.05) is 76.8 Å². The molecule has 3 rings (SSSR count). The molecule has 0 saturated heterocycles. The predicted molar refractivity (Wildman–Crippen MR) is 179 cm³/mol. The molecule has 12 N–H and O–H groups in total. The average Bonchev–Trinajstić information content (AvgIpc) is 2.90. The summed E-state index contributed by atoms with van der Waals surface area (Å²) in [6.45, 7) is 5.84. The van der Waals surface area contributed by atoms with Gasteiger partial charge in [-0.15, -0.1) is 15.3 Å². The second-order valence-corrected chi connectivity index (χ2v) is 9.53. The quantitative estimate of drug-likeness (QED) is 0.135. The van der Waals surface area contributed by atoms with Gasteiger partial charge in [0.2, 0.25) is 17.9 Å². The van der Waals surface area contributed by atoms with Crippen LogP contribution in [0.15, 0.2) is 85.2 Å². The van der Waals surface area contributed by atoms with Crippen molar-refractivity contribution in [1.29, 1.82) is 0 Å². The van der Waals surface area contributed by atoms with Crippen LogP contribution in [0.4, 0.5) is 0 Å². The maximum Gasteiger partial charge on any atom is 0.211 e. The standard InChI is InChI=1S/3C9H11ClN4/c1-6-2-3-8(10)7(4-6)5-13-14-9(11)12;1-6-2-3-7(8(10)4-6)5-13-14-9(11)12;1-6-3-2-4-7(8(6)10)5-13-14-9(11)12/h3*2-5H,1H3,(H4,11,12,14)/b3*13-5+. The van der Waals surface area contributed by atoms with Crippen molar-refractivity contribution in [2.75, 3.05) is 0 Å². The summed E-state index contributed by atoms with van der Waals surface area (Å²) in [6, 6.07) is 16.9. The molecule has 15 heteroatoms. The Morgan fingerprint density at radius 2 is 1.02 bits per heavy atom. The van der Waals surface area contributed by atoms with Gasteiger partial charge in [0.15, 0.2) is 0 Å². The number of hydrogen-bond acceptors (Lipinski definition) is 6. The van der Waals surface area contributed by atoms with Crippen LogP contribution < -0.4 is 34.4 Å². The SMILES string of the molecule is Cc1ccc(/C=N/N=C(N)N)c(Cl)c1.Cc1ccc(Cl)c(/C=N/N=C(N)N)c1.Cc1cccc(/C=N/N=C(N)N)c1Cl. The minimum absolute atomic E-state index is 0.0787. The zero-order valence-electron chi connectivity index (χ0n) is 23.2. The molecule has 3 aromatic rings. The molecule has 12 nitrogen and oxygen atoms in total. The lowest BCUT2D eigenvalue weighted by Gasteiger charge is -1.99. The van der Waals surface area contributed by atoms with E-state index in [1.54, 1.807) is 6.07 Å². The Morgan fingerprint density at radius 1 is 0.548 bits per heavy atom. The third-order valence-corrected chi connectivity index (χ3v) is 5.83. The molecule has 0 radical (unpaired) electrons. The molecule has 222 valence electrons. The first-order chi connectivity index (χ1) is 19.8. The molecular weight excluding hydrogens is 599 g/mol. The van der Waals surface area contributed by atoms with Crippen LogP contribution in [0.25, 0.3) is 0 Å². The first-order valence-electron chi connectivity index (χ1n) is 11.9. The summed E-state index contributed by atoms with van der Waals surface area (Å²) in [7, 11) is 0. The molecule has 0 aromatic heterocycles. The van der Waals surface area contributed by atoms with Gasteiger partial charge in [0, 0.05) is 26.7 Å². The largest absolute Gasteiger partial charge is 0.369 e. The van der Waals surface area contributed by atoms with Crippen molar-refractivity contribution in [2.24, 2.45) is 65.0 Å². The van der Waals surface area contributed by atoms with Gasteiger partial charge < -0.3 is 34.4 Å². The number of halogens is 3. The van der Waals surface area contributed by atoms with Gasteiger partial charge in [-0.3, -0.25) is 0 Å². The van der Waals surface area contributed by atoms with E-state index in [1.165, 1.54) is 18.6 Å². The van der Waals surface area contributed by atoms with Gasteiger partial charge in [-0.2, -0.15) is 15.3 Å². The fraction of sp³-hybridized carbons (Fsp3) is 0.111. The van der Waals surface area contributed by atoms with Gasteiger partial charge in [0.1, 0.15) is 0 Å². The number of aryl methyl sites for hydroxylation is 3. The van der Waals surface area contributed by atoms with Crippen molar-refractivity contribution in [3.8, 4) is 0 Å². The zero-order valence-corrected chi connectivity index (χ0v) is 25.5. The molecule has 0 spiro atoms. The highest BCUT2D eigenvalue weighted by Gasteiger charge is 1.99. The van der Waals surface area contributed by atoms with Crippen molar-refractivity contribution in [3.05, 3.63) is 103 Å². The minimum atomic E-state index is -0.0792. The van der Waals surface area contributed by atoms with Crippen molar-refractivity contribution < 1.29 is 0 Å². The predicted octanol–water partition coefficient (Wildman–Crippen LogP) is 3.77. The fourth-order valence-electron chi connectivity index (χ4n) is 2.74. The van der Waals surface area contributed by atoms with Crippen LogP contribution in [0.2, 0.25) is 15.1 Å². The Balaban J connectivity index is 0.000000315. The lowest BCUT2D eigenvalue weighted by atomic mass is 10.1. The molecule has 0 aliphatic heterocycles. The maximum absolute atomic E-state index is 6.01. The average molecular weight is 632 g/mol. The van der Waals surface area contributed by atoms with E-state index >= 15 is 0 Å². The molecule has 0 saturated carbocycles. The van der Waals surface area contributed by atoms with E-state index in [2.05, 4.69) is 30.6 Å². The first kappa shape index (κ1) is 35.4. The molecule has 0 heterocycles. The molecule has 0 fully saturated rings. The second kappa shape index (κ2) is 18.7. The van der Waals surface area contributed by atoms with Gasteiger partial charge in [0.25, 0.3) is 0 Å². The fourth-order valence-corrected chi connectivity index (χ4v) is 3.37. The highest BCUT2D eigenvalue weighted by atomic mass is 35.5. The van der Waals surface area contributed by atoms with E-state index in [0.717, 1.165) is 33.4 Å². The highest BCUT2D eigenvalue weighted by Crippen LogP contribution is 2.18. The molecule has 0 atom stereocenters. The van der Waals surface area contributed by atoms with Crippen LogP contribution in [0.3, 0.4) is 0 Å². The monoisotopic (exact) mass is 630 g/mol. The van der Waals surface area contributed by atoms with E-state index in [-0.39, 0.29) is 17.9 Å². The Morgan fingerprint density at radius 3 is 1.55 bits per heavy atom. The summed E-state index contributed by atoms with van der Waals surface area (Å²) >= 11 is 17.9. The Hall–Kier alpha value is -4.65. The van der Waals surface area contributed by atoms with Crippen molar-refractivity contribution in [2.45, 2.75) is 20.8 Å². The lowest BCUT2D eigenvalue weighted by Crippen LogP contribution is -2.21. The number of nitrogens with two attached hydrogens (primary N) is 6. The number of guanidine groups is 3. The molecule has 3 aromatic carbocycles. The third-order valence-electron chi connectivity index (χ3n) is 4.64. The number of hydrogen-bond donors (Lipinski definition) is 6. The van der Waals surface area contributed by atoms with Crippen molar-refractivity contribution in [1.82, 2.24) is 0 Å². The summed E-state index contributed by atoms with van der Waals surface area (Å²) < 4.78 is 0. The molecule has 0 aliphatic rings. The summed E-state index contributed by atoms with van der Waals surface area (Å²) in [5.74, 6) is -0.237. The van der Waals surface area contributed by atoms with Gasteiger partial charge in [-0.25, -0.2) is 0 Å². The summed E-state index contributed by atoms with van der Waals surface area (Å²) in [5.41, 5.74) is 36.2. The van der Waals surface area contributed by atoms with E-state index in [0.29, 0.717) is 15.1 Å². The Labute approximate surface area is 259 Å². The number of nitrogens with zero attached hydrogens (tertiary/aromatic N) is 6. The van der Waals surface area contributed by atoms with Crippen LogP contribution in [0, 0.1) is 20.8 Å². The van der Waals surface area contributed by atoms with Gasteiger partial charge in [-0.05, 0) is 50.1 Å². The summed E-state index contributed by atoms with van der Waals surface area (Å²) in [6.07, 6.45) is 4.52. The summed E-state index contributed by atoms with van der Waals surface area (Å²) in [4.78, 5) is 0. The van der Waals surface area contributed by atoms with Crippen LogP contribution in [0.5, 0.6) is 0 Å². The molecule has 0 aliphatic carbocycles. The minimum Gasteiger partial charge on any atom is -0.369 e. The lowest BCUT2D eigenvalue weighted by molar-refractivity contribution is 1.21. The molecule has 0 amide bonds. The maximum atomic E-state index is 6.01. The highest BCUT2D eigenvalue weighted by molar-refractivity contribution is 6.34. The summed E-state index contributed by atoms with van der Waals surface area (Å²) in [5, 5.41) is 23.3. The van der Waals surface area contributed by atoms with Crippen molar-refractivity contribution >= 4 is 71.3 Å². The van der Waals surface area contributed by atoms with Crippen LogP contribution in [0.1, 0.15) is 33.4 Å². The topological polar surface area (TPSA) is 230 Å². The molecule has 42 heavy (non-hydrogen) atoms. The van der Waals surface area contributed by atoms with E-state index in [4.69, 9.17) is 69.2 Å². The van der Waals surface area contributed by atoms with Gasteiger partial charge in [0.05, 0.1) is 23.7 Å². The Bertz CT molecular complexity index is 1470. The number of rotatable bonds is 6. The van der Waals surface area contributed by atoms with E-state index in [1.807, 2.05) is 69.3 Å². The van der Waals surface area contributed by atoms with Crippen LogP contribution in [-0.2, 0) is 0 Å². The first-order valence-corrected chi connectivity index (χ1v) is 13.1.